The Kier molecular flexibility index (Phi) is 6.27. The Morgan fingerprint density at radius 1 is 1.00 bits per heavy atom. The summed E-state index contributed by atoms with van der Waals surface area (Å²) in [4.78, 5) is 30.6. The lowest BCUT2D eigenvalue weighted by Gasteiger charge is -2.39. The van der Waals surface area contributed by atoms with Crippen molar-refractivity contribution in [1.82, 2.24) is 15.1 Å². The van der Waals surface area contributed by atoms with Crippen LogP contribution in [0.25, 0.3) is 5.57 Å². The number of carbonyl (C=O) groups excluding carboxylic acids is 2. The summed E-state index contributed by atoms with van der Waals surface area (Å²) in [6.07, 6.45) is 10.3. The van der Waals surface area contributed by atoms with E-state index in [0.717, 1.165) is 18.7 Å². The second kappa shape index (κ2) is 9.02. The highest BCUT2D eigenvalue weighted by Crippen LogP contribution is 2.48. The van der Waals surface area contributed by atoms with Gasteiger partial charge in [0.05, 0.1) is 38.0 Å². The van der Waals surface area contributed by atoms with Crippen LogP contribution in [0.2, 0.25) is 0 Å². The van der Waals surface area contributed by atoms with Gasteiger partial charge in [0.1, 0.15) is 0 Å². The van der Waals surface area contributed by atoms with E-state index in [0.29, 0.717) is 34.0 Å². The summed E-state index contributed by atoms with van der Waals surface area (Å²) in [5.41, 5.74) is 1.68. The van der Waals surface area contributed by atoms with Crippen LogP contribution in [0.1, 0.15) is 12.5 Å². The molecule has 1 aliphatic carbocycles. The molecule has 1 aromatic carbocycles. The molecular weight excluding hydrogens is 434 g/mol. The van der Waals surface area contributed by atoms with Gasteiger partial charge in [-0.15, -0.1) is 0 Å². The Morgan fingerprint density at radius 3 is 2.24 bits per heavy atom. The number of fused-ring (bicyclic) bond motifs is 1. The normalized spacial score (nSPS) is 23.4. The molecule has 1 N–H and O–H groups in total. The SMILES string of the molecule is COc1cc(C2=C(C3=CN(CCN(C)C)C4(C)C=CC=CC34)C(=O)NC2=O)cc(OC)c1OC. The number of likely N-dealkylation sites (N-methyl/N-ethyl adjacent to an activating group) is 1. The summed E-state index contributed by atoms with van der Waals surface area (Å²) in [5, 5.41) is 2.49. The average molecular weight is 466 g/mol. The first kappa shape index (κ1) is 23.6. The van der Waals surface area contributed by atoms with Gasteiger partial charge in [-0.3, -0.25) is 14.9 Å². The van der Waals surface area contributed by atoms with Gasteiger partial charge in [0, 0.05) is 25.2 Å². The van der Waals surface area contributed by atoms with Crippen LogP contribution in [-0.2, 0) is 9.59 Å². The number of nitrogens with zero attached hydrogens (tertiary/aromatic N) is 2. The molecule has 3 aliphatic rings. The van der Waals surface area contributed by atoms with Crippen LogP contribution in [0, 0.1) is 5.92 Å². The van der Waals surface area contributed by atoms with Gasteiger partial charge < -0.3 is 24.0 Å². The number of hydrogen-bond acceptors (Lipinski definition) is 7. The number of methoxy groups -OCH3 is 3. The van der Waals surface area contributed by atoms with Crippen LogP contribution < -0.4 is 19.5 Å². The molecule has 0 bridgehead atoms. The first-order valence-electron chi connectivity index (χ1n) is 11.1. The maximum atomic E-state index is 13.2. The fourth-order valence-electron chi connectivity index (χ4n) is 4.87. The van der Waals surface area contributed by atoms with Crippen LogP contribution >= 0.6 is 0 Å². The zero-order valence-electron chi connectivity index (χ0n) is 20.5. The third-order valence-corrected chi connectivity index (χ3v) is 6.69. The van der Waals surface area contributed by atoms with E-state index in [1.807, 2.05) is 32.4 Å². The van der Waals surface area contributed by atoms with E-state index in [1.54, 1.807) is 12.1 Å². The Labute approximate surface area is 200 Å². The number of amides is 2. The van der Waals surface area contributed by atoms with E-state index in [1.165, 1.54) is 21.3 Å². The van der Waals surface area contributed by atoms with E-state index in [2.05, 4.69) is 34.2 Å². The predicted octanol–water partition coefficient (Wildman–Crippen LogP) is 2.38. The molecular formula is C26H31N3O5. The number of ether oxygens (including phenoxy) is 3. The van der Waals surface area contributed by atoms with Crippen molar-refractivity contribution in [2.75, 3.05) is 48.5 Å². The maximum Gasteiger partial charge on any atom is 0.259 e. The molecule has 1 aromatic rings. The van der Waals surface area contributed by atoms with Gasteiger partial charge in [0.25, 0.3) is 11.8 Å². The van der Waals surface area contributed by atoms with Gasteiger partial charge in [0.15, 0.2) is 11.5 Å². The number of hydrogen-bond donors (Lipinski definition) is 1. The fourth-order valence-corrected chi connectivity index (χ4v) is 4.87. The first-order valence-corrected chi connectivity index (χ1v) is 11.1. The molecule has 0 radical (unpaired) electrons. The van der Waals surface area contributed by atoms with Gasteiger partial charge >= 0.3 is 0 Å². The molecule has 8 heteroatoms. The lowest BCUT2D eigenvalue weighted by Crippen LogP contribution is -2.46. The highest BCUT2D eigenvalue weighted by Gasteiger charge is 2.47. The minimum absolute atomic E-state index is 0.0802. The van der Waals surface area contributed by atoms with Crippen molar-refractivity contribution in [2.45, 2.75) is 12.5 Å². The van der Waals surface area contributed by atoms with Crippen LogP contribution in [0.4, 0.5) is 0 Å². The third-order valence-electron chi connectivity index (χ3n) is 6.69. The molecule has 0 saturated heterocycles. The summed E-state index contributed by atoms with van der Waals surface area (Å²) < 4.78 is 16.4. The molecule has 0 saturated carbocycles. The molecule has 8 nitrogen and oxygen atoms in total. The quantitative estimate of drug-likeness (QED) is 0.591. The van der Waals surface area contributed by atoms with Crippen LogP contribution in [0.3, 0.4) is 0 Å². The second-order valence-electron chi connectivity index (χ2n) is 8.98. The number of nitrogens with one attached hydrogen (secondary N) is 1. The molecule has 0 aromatic heterocycles. The molecule has 4 rings (SSSR count). The largest absolute Gasteiger partial charge is 0.493 e. The third kappa shape index (κ3) is 3.77. The lowest BCUT2D eigenvalue weighted by molar-refractivity contribution is -0.123. The summed E-state index contributed by atoms with van der Waals surface area (Å²) in [6.45, 7) is 3.79. The van der Waals surface area contributed by atoms with Crippen molar-refractivity contribution in [3.8, 4) is 17.2 Å². The van der Waals surface area contributed by atoms with Gasteiger partial charge in [-0.25, -0.2) is 0 Å². The maximum absolute atomic E-state index is 13.2. The monoisotopic (exact) mass is 465 g/mol. The summed E-state index contributed by atoms with van der Waals surface area (Å²) in [5.74, 6) is 0.314. The zero-order chi connectivity index (χ0) is 24.6. The second-order valence-corrected chi connectivity index (χ2v) is 8.98. The van der Waals surface area contributed by atoms with Crippen molar-refractivity contribution < 1.29 is 23.8 Å². The lowest BCUT2D eigenvalue weighted by atomic mass is 9.77. The Balaban J connectivity index is 1.89. The van der Waals surface area contributed by atoms with Crippen LogP contribution in [-0.4, -0.2) is 75.7 Å². The Morgan fingerprint density at radius 2 is 1.65 bits per heavy atom. The van der Waals surface area contributed by atoms with Crippen LogP contribution in [0.15, 0.2) is 53.8 Å². The molecule has 0 spiro atoms. The Bertz CT molecular complexity index is 1120. The van der Waals surface area contributed by atoms with Crippen molar-refractivity contribution >= 4 is 17.4 Å². The van der Waals surface area contributed by atoms with Crippen molar-refractivity contribution in [1.29, 1.82) is 0 Å². The zero-order valence-corrected chi connectivity index (χ0v) is 20.5. The molecule has 2 atom stereocenters. The summed E-state index contributed by atoms with van der Waals surface area (Å²) in [6, 6.07) is 3.40. The van der Waals surface area contributed by atoms with Gasteiger partial charge in [0.2, 0.25) is 5.75 Å². The highest BCUT2D eigenvalue weighted by molar-refractivity contribution is 6.37. The van der Waals surface area contributed by atoms with Crippen LogP contribution in [0.5, 0.6) is 17.2 Å². The van der Waals surface area contributed by atoms with E-state index in [-0.39, 0.29) is 11.5 Å². The average Bonchev–Trinajstić information content (AvgIpc) is 3.27. The standard InChI is InChI=1S/C26H31N3O5/c1-26-10-8-7-9-18(26)17(15-29(26)12-11-28(2)3)22-21(24(30)27-25(22)31)16-13-19(32-4)23(34-6)20(14-16)33-5/h7-10,13-15,18H,11-12H2,1-6H3,(H,27,30,31). The number of imide groups is 1. The van der Waals surface area contributed by atoms with E-state index < -0.39 is 11.8 Å². The van der Waals surface area contributed by atoms with E-state index in [4.69, 9.17) is 14.2 Å². The molecule has 0 fully saturated rings. The molecule has 180 valence electrons. The van der Waals surface area contributed by atoms with E-state index in [9.17, 15) is 9.59 Å². The number of allylic oxidation sites excluding steroid dienone is 2. The minimum atomic E-state index is -0.445. The van der Waals surface area contributed by atoms with Gasteiger partial charge in [-0.1, -0.05) is 24.3 Å². The topological polar surface area (TPSA) is 80.3 Å². The number of rotatable bonds is 8. The minimum Gasteiger partial charge on any atom is -0.493 e. The smallest absolute Gasteiger partial charge is 0.259 e. The molecule has 2 unspecified atom stereocenters. The van der Waals surface area contributed by atoms with Crippen molar-refractivity contribution in [2.24, 2.45) is 5.92 Å². The van der Waals surface area contributed by atoms with E-state index >= 15 is 0 Å². The first-order chi connectivity index (χ1) is 16.2. The summed E-state index contributed by atoms with van der Waals surface area (Å²) >= 11 is 0. The number of benzene rings is 1. The van der Waals surface area contributed by atoms with Gasteiger partial charge in [-0.05, 0) is 44.3 Å². The predicted molar refractivity (Wildman–Crippen MR) is 130 cm³/mol. The highest BCUT2D eigenvalue weighted by atomic mass is 16.5. The number of carbonyl (C=O) groups is 2. The molecule has 2 aliphatic heterocycles. The van der Waals surface area contributed by atoms with Crippen molar-refractivity contribution in [3.05, 3.63) is 59.3 Å². The molecule has 34 heavy (non-hydrogen) atoms. The fraction of sp³-hybridized carbons (Fsp3) is 0.385. The van der Waals surface area contributed by atoms with Crippen molar-refractivity contribution in [3.63, 3.8) is 0 Å². The Hall–Kier alpha value is -3.52. The molecule has 2 amide bonds. The van der Waals surface area contributed by atoms with Gasteiger partial charge in [-0.2, -0.15) is 0 Å². The molecule has 2 heterocycles. The summed E-state index contributed by atoms with van der Waals surface area (Å²) in [7, 11) is 8.62.